The zero-order chi connectivity index (χ0) is 24.7. The Bertz CT molecular complexity index is 1370. The van der Waals surface area contributed by atoms with Crippen molar-refractivity contribution < 1.29 is 9.84 Å². The lowest BCUT2D eigenvalue weighted by atomic mass is 9.83. The number of likely N-dealkylation sites (tertiary alicyclic amines) is 1. The van der Waals surface area contributed by atoms with Gasteiger partial charge < -0.3 is 14.7 Å². The van der Waals surface area contributed by atoms with Crippen molar-refractivity contribution in [3.63, 3.8) is 0 Å². The normalized spacial score (nSPS) is 18.4. The monoisotopic (exact) mass is 488 g/mol. The molecule has 4 aromatic heterocycles. The Balaban J connectivity index is 1.35. The second kappa shape index (κ2) is 9.34. The first kappa shape index (κ1) is 23.2. The first-order valence-electron chi connectivity index (χ1n) is 12.7. The SMILES string of the molecule is CC(C)(O)C1CCN(Cc2ccc3nc(-c4cccc5ncnn45)nc(N4CCOCC4)c3n2)CC1. The van der Waals surface area contributed by atoms with E-state index in [1.807, 2.05) is 32.0 Å². The van der Waals surface area contributed by atoms with Gasteiger partial charge >= 0.3 is 0 Å². The van der Waals surface area contributed by atoms with E-state index in [0.29, 0.717) is 25.0 Å². The molecule has 0 aromatic carbocycles. The molecule has 2 aliphatic rings. The van der Waals surface area contributed by atoms with Gasteiger partial charge in [-0.15, -0.1) is 0 Å². The zero-order valence-corrected chi connectivity index (χ0v) is 20.8. The fourth-order valence-corrected chi connectivity index (χ4v) is 5.28. The third-order valence-electron chi connectivity index (χ3n) is 7.40. The van der Waals surface area contributed by atoms with Crippen LogP contribution in [0.3, 0.4) is 0 Å². The van der Waals surface area contributed by atoms with Gasteiger partial charge in [0.1, 0.15) is 17.5 Å². The molecule has 2 saturated heterocycles. The molecule has 0 bridgehead atoms. The number of ether oxygens (including phenoxy) is 1. The first-order valence-corrected chi connectivity index (χ1v) is 12.7. The molecule has 6 rings (SSSR count). The zero-order valence-electron chi connectivity index (χ0n) is 20.8. The summed E-state index contributed by atoms with van der Waals surface area (Å²) in [7, 11) is 0. The van der Waals surface area contributed by atoms with Gasteiger partial charge in [0.25, 0.3) is 0 Å². The van der Waals surface area contributed by atoms with Crippen LogP contribution in [-0.4, -0.2) is 84.6 Å². The minimum Gasteiger partial charge on any atom is -0.390 e. The number of pyridine rings is 2. The molecular weight excluding hydrogens is 456 g/mol. The van der Waals surface area contributed by atoms with Crippen LogP contribution in [0.25, 0.3) is 28.2 Å². The van der Waals surface area contributed by atoms with Crippen LogP contribution >= 0.6 is 0 Å². The van der Waals surface area contributed by atoms with E-state index in [1.54, 1.807) is 10.8 Å². The van der Waals surface area contributed by atoms with Gasteiger partial charge in [-0.2, -0.15) is 5.10 Å². The van der Waals surface area contributed by atoms with Crippen LogP contribution in [0.1, 0.15) is 32.4 Å². The molecule has 0 aliphatic carbocycles. The molecule has 0 amide bonds. The highest BCUT2D eigenvalue weighted by molar-refractivity contribution is 5.87. The molecule has 2 fully saturated rings. The number of aromatic nitrogens is 6. The van der Waals surface area contributed by atoms with Crippen LogP contribution in [0, 0.1) is 5.92 Å². The molecule has 36 heavy (non-hydrogen) atoms. The molecule has 4 aromatic rings. The molecule has 0 atom stereocenters. The van der Waals surface area contributed by atoms with Gasteiger partial charge in [0.15, 0.2) is 17.3 Å². The van der Waals surface area contributed by atoms with Crippen LogP contribution in [0.2, 0.25) is 0 Å². The van der Waals surface area contributed by atoms with Crippen molar-refractivity contribution in [3.05, 3.63) is 42.4 Å². The fourth-order valence-electron chi connectivity index (χ4n) is 5.28. The second-order valence-electron chi connectivity index (χ2n) is 10.3. The topological polar surface area (TPSA) is 105 Å². The third-order valence-corrected chi connectivity index (χ3v) is 7.40. The molecular formula is C26H32N8O2. The summed E-state index contributed by atoms with van der Waals surface area (Å²) in [6, 6.07) is 9.95. The van der Waals surface area contributed by atoms with E-state index in [2.05, 4.69) is 32.0 Å². The highest BCUT2D eigenvalue weighted by atomic mass is 16.5. The van der Waals surface area contributed by atoms with E-state index >= 15 is 0 Å². The molecule has 0 unspecified atom stereocenters. The van der Waals surface area contributed by atoms with E-state index in [4.69, 9.17) is 19.7 Å². The van der Waals surface area contributed by atoms with Crippen LogP contribution in [0.4, 0.5) is 5.82 Å². The Kier molecular flexibility index (Phi) is 6.02. The lowest BCUT2D eigenvalue weighted by Gasteiger charge is -2.37. The second-order valence-corrected chi connectivity index (χ2v) is 10.3. The minimum atomic E-state index is -0.619. The van der Waals surface area contributed by atoms with Crippen molar-refractivity contribution in [2.75, 3.05) is 44.3 Å². The summed E-state index contributed by atoms with van der Waals surface area (Å²) in [4.78, 5) is 23.9. The molecule has 188 valence electrons. The van der Waals surface area contributed by atoms with Gasteiger partial charge in [-0.3, -0.25) is 4.90 Å². The van der Waals surface area contributed by atoms with E-state index in [0.717, 1.165) is 79.5 Å². The first-order chi connectivity index (χ1) is 17.5. The number of hydrogen-bond donors (Lipinski definition) is 1. The van der Waals surface area contributed by atoms with Crippen molar-refractivity contribution in [3.8, 4) is 11.5 Å². The quantitative estimate of drug-likeness (QED) is 0.454. The lowest BCUT2D eigenvalue weighted by Crippen LogP contribution is -2.41. The summed E-state index contributed by atoms with van der Waals surface area (Å²) >= 11 is 0. The number of nitrogens with zero attached hydrogens (tertiary/aromatic N) is 8. The lowest BCUT2D eigenvalue weighted by molar-refractivity contribution is -0.0137. The highest BCUT2D eigenvalue weighted by Gasteiger charge is 2.30. The van der Waals surface area contributed by atoms with Gasteiger partial charge in [0.2, 0.25) is 0 Å². The number of aliphatic hydroxyl groups is 1. The van der Waals surface area contributed by atoms with Crippen molar-refractivity contribution >= 4 is 22.5 Å². The maximum Gasteiger partial charge on any atom is 0.181 e. The Hall–Kier alpha value is -3.21. The van der Waals surface area contributed by atoms with Crippen LogP contribution in [0.5, 0.6) is 0 Å². The Morgan fingerprint density at radius 3 is 2.58 bits per heavy atom. The number of fused-ring (bicyclic) bond motifs is 2. The Labute approximate surface area is 210 Å². The molecule has 10 heteroatoms. The van der Waals surface area contributed by atoms with E-state index < -0.39 is 5.60 Å². The van der Waals surface area contributed by atoms with Gasteiger partial charge in [-0.1, -0.05) is 6.07 Å². The average Bonchev–Trinajstić information content (AvgIpc) is 3.38. The van der Waals surface area contributed by atoms with Crippen LogP contribution < -0.4 is 4.90 Å². The minimum absolute atomic E-state index is 0.340. The van der Waals surface area contributed by atoms with E-state index in [1.165, 1.54) is 0 Å². The summed E-state index contributed by atoms with van der Waals surface area (Å²) in [5, 5.41) is 14.7. The maximum absolute atomic E-state index is 10.4. The standard InChI is InChI=1S/C26H32N8O2/c1-26(2,35)18-8-10-32(11-9-18)16-19-6-7-20-23(29-19)25(33-12-14-36-15-13-33)31-24(30-20)21-4-3-5-22-27-17-28-34(21)22/h3-7,17-18,35H,8-16H2,1-2H3. The summed E-state index contributed by atoms with van der Waals surface area (Å²) in [5.41, 5.74) is 3.56. The average molecular weight is 489 g/mol. The summed E-state index contributed by atoms with van der Waals surface area (Å²) in [6.45, 7) is 9.38. The molecule has 10 nitrogen and oxygen atoms in total. The molecule has 6 heterocycles. The Morgan fingerprint density at radius 1 is 1.00 bits per heavy atom. The smallest absolute Gasteiger partial charge is 0.181 e. The van der Waals surface area contributed by atoms with Gasteiger partial charge in [-0.25, -0.2) is 24.5 Å². The van der Waals surface area contributed by atoms with Crippen LogP contribution in [-0.2, 0) is 11.3 Å². The van der Waals surface area contributed by atoms with Gasteiger partial charge in [0.05, 0.1) is 30.0 Å². The predicted molar refractivity (Wildman–Crippen MR) is 137 cm³/mol. The third kappa shape index (κ3) is 4.52. The number of rotatable bonds is 5. The van der Waals surface area contributed by atoms with Gasteiger partial charge in [-0.05, 0) is 70.0 Å². The van der Waals surface area contributed by atoms with Crippen LogP contribution in [0.15, 0.2) is 36.7 Å². The van der Waals surface area contributed by atoms with Crippen molar-refractivity contribution in [2.24, 2.45) is 5.92 Å². The van der Waals surface area contributed by atoms with Crippen molar-refractivity contribution in [2.45, 2.75) is 38.8 Å². The number of hydrogen-bond acceptors (Lipinski definition) is 9. The summed E-state index contributed by atoms with van der Waals surface area (Å²) in [6.07, 6.45) is 3.54. The predicted octanol–water partition coefficient (Wildman–Crippen LogP) is 2.55. The fraction of sp³-hybridized carbons (Fsp3) is 0.500. The number of morpholine rings is 1. The molecule has 0 spiro atoms. The summed E-state index contributed by atoms with van der Waals surface area (Å²) < 4.78 is 7.37. The largest absolute Gasteiger partial charge is 0.390 e. The van der Waals surface area contributed by atoms with Gasteiger partial charge in [0, 0.05) is 19.6 Å². The molecule has 2 aliphatic heterocycles. The number of piperidine rings is 1. The summed E-state index contributed by atoms with van der Waals surface area (Å²) in [5.74, 6) is 1.77. The Morgan fingerprint density at radius 2 is 1.81 bits per heavy atom. The molecule has 0 saturated carbocycles. The van der Waals surface area contributed by atoms with Crippen molar-refractivity contribution in [1.82, 2.24) is 34.4 Å². The molecule has 1 N–H and O–H groups in total. The van der Waals surface area contributed by atoms with E-state index in [9.17, 15) is 5.11 Å². The molecule has 0 radical (unpaired) electrons. The highest BCUT2D eigenvalue weighted by Crippen LogP contribution is 2.30. The maximum atomic E-state index is 10.4. The van der Waals surface area contributed by atoms with Crippen molar-refractivity contribution in [1.29, 1.82) is 0 Å². The van der Waals surface area contributed by atoms with E-state index in [-0.39, 0.29) is 0 Å². The number of anilines is 1.